The molecule has 2 aromatic heterocycles. The van der Waals surface area contributed by atoms with Gasteiger partial charge in [0.05, 0.1) is 6.07 Å². The molecule has 0 spiro atoms. The van der Waals surface area contributed by atoms with Gasteiger partial charge in [0.15, 0.2) is 11.2 Å². The van der Waals surface area contributed by atoms with Gasteiger partial charge in [-0.2, -0.15) is 10.2 Å². The van der Waals surface area contributed by atoms with Gasteiger partial charge < -0.3 is 5.32 Å². The fourth-order valence-electron chi connectivity index (χ4n) is 2.34. The standard InChI is InChI=1S/C15H19ClN6O3/c1-8(2)15(3,7-17)19-9(23)6-22-10-11(18-13(22)16)20(4)14(25)21(5)12(10)24/h8H,6H2,1-5H3,(H,19,23)/t15-/m0/s1. The van der Waals surface area contributed by atoms with Crippen molar-refractivity contribution >= 4 is 28.7 Å². The number of hydrogen-bond acceptors (Lipinski definition) is 5. The van der Waals surface area contributed by atoms with Crippen LogP contribution in [0.15, 0.2) is 9.59 Å². The SMILES string of the molecule is CC(C)[C@](C)(C#N)NC(=O)Cn1c(Cl)nc2c1c(=O)n(C)c(=O)n2C. The van der Waals surface area contributed by atoms with E-state index in [1.807, 2.05) is 13.8 Å². The number of imidazole rings is 1. The summed E-state index contributed by atoms with van der Waals surface area (Å²) in [6.07, 6.45) is 0. The van der Waals surface area contributed by atoms with Crippen molar-refractivity contribution in [2.75, 3.05) is 0 Å². The number of rotatable bonds is 4. The van der Waals surface area contributed by atoms with E-state index < -0.39 is 22.7 Å². The number of carbonyl (C=O) groups excluding carboxylic acids is 1. The van der Waals surface area contributed by atoms with E-state index in [9.17, 15) is 19.6 Å². The number of nitriles is 1. The number of nitrogens with one attached hydrogen (secondary N) is 1. The van der Waals surface area contributed by atoms with Crippen molar-refractivity contribution in [2.45, 2.75) is 32.9 Å². The van der Waals surface area contributed by atoms with E-state index in [2.05, 4.69) is 16.4 Å². The average Bonchev–Trinajstić information content (AvgIpc) is 2.87. The molecule has 1 atom stereocenters. The number of halogens is 1. The lowest BCUT2D eigenvalue weighted by atomic mass is 9.90. The number of carbonyl (C=O) groups is 1. The summed E-state index contributed by atoms with van der Waals surface area (Å²) in [5.74, 6) is -0.611. The molecule has 0 fully saturated rings. The number of amides is 1. The van der Waals surface area contributed by atoms with E-state index in [0.29, 0.717) is 0 Å². The van der Waals surface area contributed by atoms with Gasteiger partial charge in [-0.1, -0.05) is 13.8 Å². The Balaban J connectivity index is 2.52. The molecule has 2 rings (SSSR count). The second-order valence-corrected chi connectivity index (χ2v) is 6.70. The Morgan fingerprint density at radius 2 is 1.96 bits per heavy atom. The maximum absolute atomic E-state index is 12.4. The minimum atomic E-state index is -1.06. The van der Waals surface area contributed by atoms with Gasteiger partial charge in [-0.15, -0.1) is 0 Å². The third-order valence-electron chi connectivity index (χ3n) is 4.39. The topological polar surface area (TPSA) is 115 Å². The highest BCUT2D eigenvalue weighted by atomic mass is 35.5. The van der Waals surface area contributed by atoms with Gasteiger partial charge in [-0.25, -0.2) is 4.79 Å². The molecular formula is C15H19ClN6O3. The second-order valence-electron chi connectivity index (χ2n) is 6.36. The average molecular weight is 367 g/mol. The molecule has 0 aromatic carbocycles. The Morgan fingerprint density at radius 3 is 2.48 bits per heavy atom. The predicted octanol–water partition coefficient (Wildman–Crippen LogP) is 0.142. The zero-order valence-electron chi connectivity index (χ0n) is 14.6. The number of hydrogen-bond donors (Lipinski definition) is 1. The molecule has 25 heavy (non-hydrogen) atoms. The summed E-state index contributed by atoms with van der Waals surface area (Å²) < 4.78 is 3.33. The molecule has 0 saturated heterocycles. The smallest absolute Gasteiger partial charge is 0.332 e. The molecule has 134 valence electrons. The first-order valence-corrected chi connectivity index (χ1v) is 7.95. The normalized spacial score (nSPS) is 13.7. The molecule has 0 bridgehead atoms. The summed E-state index contributed by atoms with van der Waals surface area (Å²) in [5.41, 5.74) is -2.05. The van der Waals surface area contributed by atoms with Crippen LogP contribution in [0, 0.1) is 17.2 Å². The fraction of sp³-hybridized carbons (Fsp3) is 0.533. The van der Waals surface area contributed by atoms with Crippen molar-refractivity contribution in [3.8, 4) is 6.07 Å². The number of aryl methyl sites for hydroxylation is 1. The monoisotopic (exact) mass is 366 g/mol. The lowest BCUT2D eigenvalue weighted by Crippen LogP contribution is -2.50. The van der Waals surface area contributed by atoms with Crippen LogP contribution in [0.4, 0.5) is 0 Å². The first kappa shape index (κ1) is 18.7. The molecule has 0 aliphatic heterocycles. The van der Waals surface area contributed by atoms with Crippen LogP contribution in [-0.2, 0) is 25.4 Å². The van der Waals surface area contributed by atoms with Crippen molar-refractivity contribution in [1.82, 2.24) is 24.0 Å². The van der Waals surface area contributed by atoms with E-state index in [1.54, 1.807) is 6.92 Å². The van der Waals surface area contributed by atoms with Crippen LogP contribution < -0.4 is 16.6 Å². The largest absolute Gasteiger partial charge is 0.336 e. The zero-order valence-corrected chi connectivity index (χ0v) is 15.4. The maximum atomic E-state index is 12.4. The molecule has 0 unspecified atom stereocenters. The minimum absolute atomic E-state index is 0.0490. The highest BCUT2D eigenvalue weighted by molar-refractivity contribution is 6.29. The van der Waals surface area contributed by atoms with Crippen molar-refractivity contribution in [2.24, 2.45) is 20.0 Å². The molecule has 2 aromatic rings. The van der Waals surface area contributed by atoms with E-state index in [-0.39, 0.29) is 28.9 Å². The van der Waals surface area contributed by atoms with Gasteiger partial charge in [-0.3, -0.25) is 23.3 Å². The lowest BCUT2D eigenvalue weighted by molar-refractivity contribution is -0.123. The molecule has 0 radical (unpaired) electrons. The van der Waals surface area contributed by atoms with Gasteiger partial charge >= 0.3 is 5.69 Å². The number of fused-ring (bicyclic) bond motifs is 1. The van der Waals surface area contributed by atoms with Crippen molar-refractivity contribution < 1.29 is 4.79 Å². The van der Waals surface area contributed by atoms with E-state index >= 15 is 0 Å². The molecular weight excluding hydrogens is 348 g/mol. The molecule has 0 saturated carbocycles. The van der Waals surface area contributed by atoms with Crippen LogP contribution >= 0.6 is 11.6 Å². The fourth-order valence-corrected chi connectivity index (χ4v) is 2.56. The molecule has 1 amide bonds. The zero-order chi connectivity index (χ0) is 19.1. The first-order valence-electron chi connectivity index (χ1n) is 7.57. The van der Waals surface area contributed by atoms with E-state index in [1.165, 1.54) is 23.2 Å². The Labute approximate surface area is 148 Å². The third-order valence-corrected chi connectivity index (χ3v) is 4.68. The van der Waals surface area contributed by atoms with Crippen LogP contribution in [0.5, 0.6) is 0 Å². The second kappa shape index (κ2) is 6.37. The summed E-state index contributed by atoms with van der Waals surface area (Å²) >= 11 is 6.07. The molecule has 1 N–H and O–H groups in total. The summed E-state index contributed by atoms with van der Waals surface area (Å²) in [7, 11) is 2.80. The molecule has 0 aliphatic rings. The molecule has 9 nitrogen and oxygen atoms in total. The number of nitrogens with zero attached hydrogens (tertiary/aromatic N) is 5. The Morgan fingerprint density at radius 1 is 1.36 bits per heavy atom. The Bertz CT molecular complexity index is 1010. The van der Waals surface area contributed by atoms with Crippen LogP contribution in [0.1, 0.15) is 20.8 Å². The molecule has 0 aliphatic carbocycles. The quantitative estimate of drug-likeness (QED) is 0.773. The van der Waals surface area contributed by atoms with Crippen LogP contribution in [0.3, 0.4) is 0 Å². The predicted molar refractivity (Wildman–Crippen MR) is 92.2 cm³/mol. The van der Waals surface area contributed by atoms with Crippen molar-refractivity contribution in [1.29, 1.82) is 5.26 Å². The highest BCUT2D eigenvalue weighted by Crippen LogP contribution is 2.17. The highest BCUT2D eigenvalue weighted by Gasteiger charge is 2.30. The molecule has 2 heterocycles. The van der Waals surface area contributed by atoms with Gasteiger partial charge in [0.25, 0.3) is 5.56 Å². The van der Waals surface area contributed by atoms with Crippen molar-refractivity contribution in [3.05, 3.63) is 26.1 Å². The third kappa shape index (κ3) is 3.05. The summed E-state index contributed by atoms with van der Waals surface area (Å²) in [5, 5.41) is 11.9. The minimum Gasteiger partial charge on any atom is -0.336 e. The number of aromatic nitrogens is 4. The van der Waals surface area contributed by atoms with Crippen LogP contribution in [-0.4, -0.2) is 30.1 Å². The Kier molecular flexibility index (Phi) is 4.77. The summed E-state index contributed by atoms with van der Waals surface area (Å²) in [6.45, 7) is 4.95. The maximum Gasteiger partial charge on any atom is 0.332 e. The van der Waals surface area contributed by atoms with Gasteiger partial charge in [0, 0.05) is 14.1 Å². The van der Waals surface area contributed by atoms with Gasteiger partial charge in [0.1, 0.15) is 12.1 Å². The Hall–Kier alpha value is -2.60. The molecule has 10 heteroatoms. The van der Waals surface area contributed by atoms with E-state index in [4.69, 9.17) is 11.6 Å². The van der Waals surface area contributed by atoms with Crippen LogP contribution in [0.2, 0.25) is 5.28 Å². The van der Waals surface area contributed by atoms with Crippen molar-refractivity contribution in [3.63, 3.8) is 0 Å². The summed E-state index contributed by atoms with van der Waals surface area (Å²) in [6, 6.07) is 2.08. The van der Waals surface area contributed by atoms with Gasteiger partial charge in [0.2, 0.25) is 11.2 Å². The van der Waals surface area contributed by atoms with E-state index in [0.717, 1.165) is 4.57 Å². The summed E-state index contributed by atoms with van der Waals surface area (Å²) in [4.78, 5) is 40.8. The van der Waals surface area contributed by atoms with Gasteiger partial charge in [-0.05, 0) is 24.4 Å². The lowest BCUT2D eigenvalue weighted by Gasteiger charge is -2.27. The first-order chi connectivity index (χ1) is 11.5. The van der Waals surface area contributed by atoms with Crippen LogP contribution in [0.25, 0.3) is 11.2 Å².